The third kappa shape index (κ3) is 3.43. The SMILES string of the molecule is Nc1ccncc1S(=O)(=O)NCC1CCS(=O)(=O)C1. The van der Waals surface area contributed by atoms with Crippen LogP contribution >= 0.6 is 0 Å². The average Bonchev–Trinajstić information content (AvgIpc) is 2.67. The molecule has 1 fully saturated rings. The van der Waals surface area contributed by atoms with Gasteiger partial charge in [0.2, 0.25) is 10.0 Å². The van der Waals surface area contributed by atoms with Crippen molar-refractivity contribution in [1.82, 2.24) is 9.71 Å². The van der Waals surface area contributed by atoms with Crippen LogP contribution in [0.15, 0.2) is 23.4 Å². The highest BCUT2D eigenvalue weighted by Gasteiger charge is 2.29. The summed E-state index contributed by atoms with van der Waals surface area (Å²) in [6.07, 6.45) is 3.05. The Bertz CT molecular complexity index is 670. The summed E-state index contributed by atoms with van der Waals surface area (Å²) in [5.74, 6) is -0.0374. The predicted octanol–water partition coefficient (Wildman–Crippen LogP) is -0.623. The number of hydrogen-bond acceptors (Lipinski definition) is 6. The molecule has 19 heavy (non-hydrogen) atoms. The molecule has 0 amide bonds. The summed E-state index contributed by atoms with van der Waals surface area (Å²) in [5, 5.41) is 0. The summed E-state index contributed by atoms with van der Waals surface area (Å²) in [4.78, 5) is 3.63. The molecule has 1 aromatic rings. The summed E-state index contributed by atoms with van der Waals surface area (Å²) in [6.45, 7) is 0.0932. The molecule has 1 unspecified atom stereocenters. The molecule has 0 spiro atoms. The van der Waals surface area contributed by atoms with Gasteiger partial charge in [-0.2, -0.15) is 0 Å². The minimum Gasteiger partial charge on any atom is -0.398 e. The van der Waals surface area contributed by atoms with Crippen molar-refractivity contribution in [3.05, 3.63) is 18.5 Å². The van der Waals surface area contributed by atoms with Gasteiger partial charge in [-0.15, -0.1) is 0 Å². The van der Waals surface area contributed by atoms with Gasteiger partial charge in [0.05, 0.1) is 17.2 Å². The lowest BCUT2D eigenvalue weighted by Gasteiger charge is -2.11. The van der Waals surface area contributed by atoms with Gasteiger partial charge in [-0.1, -0.05) is 0 Å². The van der Waals surface area contributed by atoms with E-state index < -0.39 is 19.9 Å². The normalized spacial score (nSPS) is 22.4. The Hall–Kier alpha value is -1.19. The van der Waals surface area contributed by atoms with Crippen LogP contribution in [0.25, 0.3) is 0 Å². The molecule has 0 saturated carbocycles. The van der Waals surface area contributed by atoms with Gasteiger partial charge in [0, 0.05) is 18.9 Å². The number of nitrogen functional groups attached to an aromatic ring is 1. The van der Waals surface area contributed by atoms with Crippen LogP contribution in [0.1, 0.15) is 6.42 Å². The fraction of sp³-hybridized carbons (Fsp3) is 0.500. The number of pyridine rings is 1. The standard InChI is InChI=1S/C10H15N3O4S2/c11-9-1-3-12-6-10(9)19(16,17)13-5-8-2-4-18(14,15)7-8/h1,3,6,8,13H,2,4-5,7H2,(H2,11,12). The molecule has 2 rings (SSSR count). The number of aromatic nitrogens is 1. The van der Waals surface area contributed by atoms with Crippen LogP contribution in [0.5, 0.6) is 0 Å². The van der Waals surface area contributed by atoms with Crippen molar-refractivity contribution in [3.63, 3.8) is 0 Å². The van der Waals surface area contributed by atoms with Crippen molar-refractivity contribution in [2.24, 2.45) is 5.92 Å². The van der Waals surface area contributed by atoms with E-state index >= 15 is 0 Å². The monoisotopic (exact) mass is 305 g/mol. The Morgan fingerprint density at radius 3 is 2.79 bits per heavy atom. The number of sulfonamides is 1. The van der Waals surface area contributed by atoms with Crippen molar-refractivity contribution in [2.75, 3.05) is 23.8 Å². The maximum atomic E-state index is 12.0. The fourth-order valence-electron chi connectivity index (χ4n) is 1.95. The van der Waals surface area contributed by atoms with Gasteiger partial charge in [-0.3, -0.25) is 4.98 Å². The van der Waals surface area contributed by atoms with E-state index in [0.717, 1.165) is 0 Å². The Morgan fingerprint density at radius 1 is 1.47 bits per heavy atom. The van der Waals surface area contributed by atoms with Gasteiger partial charge < -0.3 is 5.73 Å². The molecule has 9 heteroatoms. The van der Waals surface area contributed by atoms with Crippen molar-refractivity contribution in [2.45, 2.75) is 11.3 Å². The first-order valence-corrected chi connectivity index (χ1v) is 9.00. The molecule has 0 aromatic carbocycles. The highest BCUT2D eigenvalue weighted by Crippen LogP contribution is 2.19. The van der Waals surface area contributed by atoms with Gasteiger partial charge in [-0.25, -0.2) is 21.6 Å². The van der Waals surface area contributed by atoms with E-state index in [1.807, 2.05) is 0 Å². The zero-order valence-corrected chi connectivity index (χ0v) is 11.7. The number of nitrogens with zero attached hydrogens (tertiary/aromatic N) is 1. The van der Waals surface area contributed by atoms with E-state index in [9.17, 15) is 16.8 Å². The highest BCUT2D eigenvalue weighted by molar-refractivity contribution is 7.91. The van der Waals surface area contributed by atoms with E-state index in [2.05, 4.69) is 9.71 Å². The zero-order chi connectivity index (χ0) is 14.1. The van der Waals surface area contributed by atoms with E-state index in [1.54, 1.807) is 0 Å². The molecule has 1 aliphatic rings. The van der Waals surface area contributed by atoms with Crippen LogP contribution < -0.4 is 10.5 Å². The topological polar surface area (TPSA) is 119 Å². The lowest BCUT2D eigenvalue weighted by molar-refractivity contribution is 0.543. The fourth-order valence-corrected chi connectivity index (χ4v) is 5.00. The highest BCUT2D eigenvalue weighted by atomic mass is 32.2. The first-order chi connectivity index (χ1) is 8.80. The minimum absolute atomic E-state index is 0.0258. The van der Waals surface area contributed by atoms with Crippen LogP contribution in [0.3, 0.4) is 0 Å². The van der Waals surface area contributed by atoms with E-state index in [1.165, 1.54) is 18.5 Å². The molecule has 0 aliphatic carbocycles. The quantitative estimate of drug-likeness (QED) is 0.765. The number of sulfone groups is 1. The Labute approximate surface area is 112 Å². The van der Waals surface area contributed by atoms with Crippen LogP contribution in [-0.2, 0) is 19.9 Å². The summed E-state index contributed by atoms with van der Waals surface area (Å²) in [6, 6.07) is 1.40. The summed E-state index contributed by atoms with van der Waals surface area (Å²) >= 11 is 0. The van der Waals surface area contributed by atoms with Crippen LogP contribution in [-0.4, -0.2) is 39.9 Å². The average molecular weight is 305 g/mol. The second-order valence-corrected chi connectivity index (χ2v) is 8.50. The lowest BCUT2D eigenvalue weighted by Crippen LogP contribution is -2.30. The molecule has 1 aromatic heterocycles. The zero-order valence-electron chi connectivity index (χ0n) is 10.1. The number of nitrogens with one attached hydrogen (secondary N) is 1. The molecule has 2 heterocycles. The lowest BCUT2D eigenvalue weighted by atomic mass is 10.1. The smallest absolute Gasteiger partial charge is 0.244 e. The Kier molecular flexibility index (Phi) is 3.79. The number of nitrogens with two attached hydrogens (primary N) is 1. The van der Waals surface area contributed by atoms with E-state index in [4.69, 9.17) is 5.73 Å². The maximum Gasteiger partial charge on any atom is 0.244 e. The minimum atomic E-state index is -3.75. The molecule has 0 bridgehead atoms. The van der Waals surface area contributed by atoms with Crippen molar-refractivity contribution < 1.29 is 16.8 Å². The van der Waals surface area contributed by atoms with Crippen LogP contribution in [0.2, 0.25) is 0 Å². The molecule has 0 radical (unpaired) electrons. The molecule has 1 aliphatic heterocycles. The largest absolute Gasteiger partial charge is 0.398 e. The van der Waals surface area contributed by atoms with Crippen LogP contribution in [0.4, 0.5) is 5.69 Å². The van der Waals surface area contributed by atoms with Crippen molar-refractivity contribution >= 4 is 25.5 Å². The maximum absolute atomic E-state index is 12.0. The number of anilines is 1. The number of rotatable bonds is 4. The van der Waals surface area contributed by atoms with Crippen LogP contribution in [0, 0.1) is 5.92 Å². The third-order valence-electron chi connectivity index (χ3n) is 2.99. The van der Waals surface area contributed by atoms with Gasteiger partial charge in [0.15, 0.2) is 9.84 Å². The molecule has 1 atom stereocenters. The molecule has 7 nitrogen and oxygen atoms in total. The molecule has 106 valence electrons. The van der Waals surface area contributed by atoms with E-state index in [0.29, 0.717) is 6.42 Å². The molecular formula is C10H15N3O4S2. The van der Waals surface area contributed by atoms with Gasteiger partial charge >= 0.3 is 0 Å². The molecule has 3 N–H and O–H groups in total. The van der Waals surface area contributed by atoms with Gasteiger partial charge in [0.1, 0.15) is 4.90 Å². The Morgan fingerprint density at radius 2 is 2.21 bits per heavy atom. The van der Waals surface area contributed by atoms with Gasteiger partial charge in [0.25, 0.3) is 0 Å². The second kappa shape index (κ2) is 5.06. The first-order valence-electron chi connectivity index (χ1n) is 5.70. The molecular weight excluding hydrogens is 290 g/mol. The number of hydrogen-bond donors (Lipinski definition) is 2. The van der Waals surface area contributed by atoms with Crippen molar-refractivity contribution in [3.8, 4) is 0 Å². The third-order valence-corrected chi connectivity index (χ3v) is 6.30. The first kappa shape index (κ1) is 14.2. The summed E-state index contributed by atoms with van der Waals surface area (Å²) in [5.41, 5.74) is 5.69. The summed E-state index contributed by atoms with van der Waals surface area (Å²) in [7, 11) is -6.76. The van der Waals surface area contributed by atoms with Gasteiger partial charge in [-0.05, 0) is 18.4 Å². The molecule has 1 saturated heterocycles. The summed E-state index contributed by atoms with van der Waals surface area (Å²) < 4.78 is 48.9. The Balaban J connectivity index is 2.05. The van der Waals surface area contributed by atoms with E-state index in [-0.39, 0.29) is 34.6 Å². The predicted molar refractivity (Wildman–Crippen MR) is 70.6 cm³/mol. The van der Waals surface area contributed by atoms with Crippen molar-refractivity contribution in [1.29, 1.82) is 0 Å². The second-order valence-electron chi connectivity index (χ2n) is 4.53.